The first-order valence-electron chi connectivity index (χ1n) is 7.97. The molecular formula is C19H19N3O3. The van der Waals surface area contributed by atoms with Gasteiger partial charge in [-0.3, -0.25) is 14.5 Å². The molecule has 2 aromatic rings. The van der Waals surface area contributed by atoms with E-state index in [9.17, 15) is 14.4 Å². The summed E-state index contributed by atoms with van der Waals surface area (Å²) < 4.78 is 0. The van der Waals surface area contributed by atoms with Gasteiger partial charge < -0.3 is 10.2 Å². The van der Waals surface area contributed by atoms with E-state index in [4.69, 9.17) is 0 Å². The zero-order valence-corrected chi connectivity index (χ0v) is 14.1. The number of hydrogen-bond donors (Lipinski definition) is 1. The number of carbonyl (C=O) groups excluding carboxylic acids is 3. The Balaban J connectivity index is 1.71. The topological polar surface area (TPSA) is 69.7 Å². The minimum atomic E-state index is -0.641. The van der Waals surface area contributed by atoms with E-state index in [2.05, 4.69) is 5.32 Å². The third-order valence-electron chi connectivity index (χ3n) is 4.35. The molecule has 0 saturated carbocycles. The Morgan fingerprint density at radius 2 is 1.56 bits per heavy atom. The van der Waals surface area contributed by atoms with E-state index in [0.717, 1.165) is 16.0 Å². The molecule has 2 aromatic carbocycles. The summed E-state index contributed by atoms with van der Waals surface area (Å²) in [5.74, 6) is -0.630. The van der Waals surface area contributed by atoms with Gasteiger partial charge in [-0.1, -0.05) is 42.5 Å². The smallest absolute Gasteiger partial charge is 0.327 e. The van der Waals surface area contributed by atoms with Crippen molar-refractivity contribution >= 4 is 17.8 Å². The van der Waals surface area contributed by atoms with E-state index in [1.807, 2.05) is 42.5 Å². The van der Waals surface area contributed by atoms with Gasteiger partial charge in [0.15, 0.2) is 0 Å². The lowest BCUT2D eigenvalue weighted by Crippen LogP contribution is -2.59. The number of nitrogens with one attached hydrogen (secondary N) is 1. The second kappa shape index (κ2) is 6.76. The highest BCUT2D eigenvalue weighted by atomic mass is 16.2. The molecule has 1 unspecified atom stereocenters. The lowest BCUT2D eigenvalue weighted by molar-refractivity contribution is -0.131. The van der Waals surface area contributed by atoms with Crippen LogP contribution in [0.5, 0.6) is 0 Å². The number of amides is 4. The quantitative estimate of drug-likeness (QED) is 0.934. The summed E-state index contributed by atoms with van der Waals surface area (Å²) in [7, 11) is 3.00. The molecule has 1 heterocycles. The second-order valence-electron chi connectivity index (χ2n) is 5.98. The van der Waals surface area contributed by atoms with E-state index in [1.54, 1.807) is 19.2 Å². The maximum absolute atomic E-state index is 12.4. The van der Waals surface area contributed by atoms with Crippen molar-refractivity contribution in [2.45, 2.75) is 12.6 Å². The van der Waals surface area contributed by atoms with Crippen molar-refractivity contribution in [3.8, 4) is 11.1 Å². The molecule has 6 heteroatoms. The van der Waals surface area contributed by atoms with Crippen molar-refractivity contribution in [2.75, 3.05) is 14.1 Å². The Morgan fingerprint density at radius 1 is 0.960 bits per heavy atom. The Morgan fingerprint density at radius 3 is 2.20 bits per heavy atom. The average molecular weight is 337 g/mol. The predicted molar refractivity (Wildman–Crippen MR) is 93.7 cm³/mol. The number of nitrogens with zero attached hydrogens (tertiary/aromatic N) is 2. The molecule has 3 rings (SSSR count). The molecular weight excluding hydrogens is 318 g/mol. The predicted octanol–water partition coefficient (Wildman–Crippen LogP) is 2.32. The highest BCUT2D eigenvalue weighted by molar-refractivity contribution is 5.99. The monoisotopic (exact) mass is 337 g/mol. The van der Waals surface area contributed by atoms with Gasteiger partial charge in [0.05, 0.1) is 6.42 Å². The lowest BCUT2D eigenvalue weighted by Gasteiger charge is -2.36. The summed E-state index contributed by atoms with van der Waals surface area (Å²) >= 11 is 0. The Hall–Kier alpha value is -3.15. The summed E-state index contributed by atoms with van der Waals surface area (Å²) in [6.45, 7) is 0. The van der Waals surface area contributed by atoms with E-state index < -0.39 is 12.2 Å². The fourth-order valence-corrected chi connectivity index (χ4v) is 2.74. The van der Waals surface area contributed by atoms with Gasteiger partial charge in [-0.15, -0.1) is 0 Å². The Bertz CT molecular complexity index is 802. The molecule has 1 fully saturated rings. The van der Waals surface area contributed by atoms with E-state index in [1.165, 1.54) is 11.9 Å². The third-order valence-corrected chi connectivity index (χ3v) is 4.35. The van der Waals surface area contributed by atoms with Gasteiger partial charge in [0.1, 0.15) is 6.17 Å². The van der Waals surface area contributed by atoms with Gasteiger partial charge in [-0.2, -0.15) is 0 Å². The number of urea groups is 1. The lowest BCUT2D eigenvalue weighted by atomic mass is 10.0. The van der Waals surface area contributed by atoms with E-state index in [-0.39, 0.29) is 18.2 Å². The molecule has 1 saturated heterocycles. The molecule has 0 radical (unpaired) electrons. The van der Waals surface area contributed by atoms with Crippen LogP contribution in [0.3, 0.4) is 0 Å². The van der Waals surface area contributed by atoms with Crippen LogP contribution in [-0.2, 0) is 4.79 Å². The van der Waals surface area contributed by atoms with Crippen molar-refractivity contribution in [3.05, 3.63) is 60.2 Å². The number of carbonyl (C=O) groups is 3. The van der Waals surface area contributed by atoms with Crippen molar-refractivity contribution < 1.29 is 14.4 Å². The van der Waals surface area contributed by atoms with Gasteiger partial charge in [0.25, 0.3) is 5.91 Å². The first-order valence-corrected chi connectivity index (χ1v) is 7.97. The minimum absolute atomic E-state index is 0.0621. The van der Waals surface area contributed by atoms with Crippen LogP contribution in [0.25, 0.3) is 11.1 Å². The van der Waals surface area contributed by atoms with Crippen molar-refractivity contribution in [1.82, 2.24) is 15.1 Å². The van der Waals surface area contributed by atoms with Crippen LogP contribution in [0.2, 0.25) is 0 Å². The maximum Gasteiger partial charge on any atom is 0.327 e. The summed E-state index contributed by atoms with van der Waals surface area (Å²) in [6, 6.07) is 16.6. The van der Waals surface area contributed by atoms with Gasteiger partial charge in [0.2, 0.25) is 5.91 Å². The summed E-state index contributed by atoms with van der Waals surface area (Å²) in [5.41, 5.74) is 2.56. The second-order valence-corrected chi connectivity index (χ2v) is 5.98. The highest BCUT2D eigenvalue weighted by Gasteiger charge is 2.35. The van der Waals surface area contributed by atoms with Gasteiger partial charge in [0, 0.05) is 19.7 Å². The van der Waals surface area contributed by atoms with Crippen LogP contribution in [0.1, 0.15) is 16.8 Å². The van der Waals surface area contributed by atoms with Gasteiger partial charge in [-0.05, 0) is 23.3 Å². The summed E-state index contributed by atoms with van der Waals surface area (Å²) in [5, 5.41) is 2.74. The number of imide groups is 1. The average Bonchev–Trinajstić information content (AvgIpc) is 2.65. The minimum Gasteiger partial charge on any atom is -0.331 e. The molecule has 0 bridgehead atoms. The van der Waals surface area contributed by atoms with Crippen molar-refractivity contribution in [1.29, 1.82) is 0 Å². The van der Waals surface area contributed by atoms with Crippen LogP contribution >= 0.6 is 0 Å². The number of benzene rings is 2. The molecule has 1 aliphatic rings. The normalized spacial score (nSPS) is 17.6. The first-order chi connectivity index (χ1) is 12.0. The fraction of sp³-hybridized carbons (Fsp3) is 0.211. The molecule has 6 nitrogen and oxygen atoms in total. The molecule has 1 N–H and O–H groups in total. The standard InChI is InChI=1S/C19H19N3O3/c1-21-16(12-17(23)22(2)19(21)25)20-18(24)15-10-8-14(9-11-15)13-6-4-3-5-7-13/h3-11,16H,12H2,1-2H3,(H,20,24). The van der Waals surface area contributed by atoms with E-state index in [0.29, 0.717) is 5.56 Å². The van der Waals surface area contributed by atoms with Gasteiger partial charge >= 0.3 is 6.03 Å². The van der Waals surface area contributed by atoms with Crippen molar-refractivity contribution in [3.63, 3.8) is 0 Å². The van der Waals surface area contributed by atoms with Crippen LogP contribution in [0.15, 0.2) is 54.6 Å². The SMILES string of the molecule is CN1C(=O)CC(NC(=O)c2ccc(-c3ccccc3)cc2)N(C)C1=O. The fourth-order valence-electron chi connectivity index (χ4n) is 2.74. The Kier molecular flexibility index (Phi) is 4.52. The number of rotatable bonds is 3. The van der Waals surface area contributed by atoms with Gasteiger partial charge in [-0.25, -0.2) is 4.79 Å². The molecule has 0 aliphatic carbocycles. The van der Waals surface area contributed by atoms with E-state index >= 15 is 0 Å². The van der Waals surface area contributed by atoms with Crippen LogP contribution in [-0.4, -0.2) is 47.9 Å². The van der Waals surface area contributed by atoms with Crippen molar-refractivity contribution in [2.24, 2.45) is 0 Å². The molecule has 25 heavy (non-hydrogen) atoms. The third kappa shape index (κ3) is 3.38. The maximum atomic E-state index is 12.4. The highest BCUT2D eigenvalue weighted by Crippen LogP contribution is 2.19. The molecule has 4 amide bonds. The molecule has 1 atom stereocenters. The zero-order valence-electron chi connectivity index (χ0n) is 14.1. The largest absolute Gasteiger partial charge is 0.331 e. The van der Waals surface area contributed by atoms with Crippen LogP contribution in [0.4, 0.5) is 4.79 Å². The molecule has 0 aromatic heterocycles. The summed E-state index contributed by atoms with van der Waals surface area (Å²) in [4.78, 5) is 38.6. The van der Waals surface area contributed by atoms with Crippen LogP contribution in [0, 0.1) is 0 Å². The molecule has 0 spiro atoms. The molecule has 1 aliphatic heterocycles. The molecule has 128 valence electrons. The van der Waals surface area contributed by atoms with Crippen LogP contribution < -0.4 is 5.32 Å². The zero-order chi connectivity index (χ0) is 18.0. The number of hydrogen-bond acceptors (Lipinski definition) is 3. The summed E-state index contributed by atoms with van der Waals surface area (Å²) in [6.07, 6.45) is -0.579. The Labute approximate surface area is 146 Å². The first kappa shape index (κ1) is 16.7.